The Hall–Kier alpha value is -3.53. The maximum absolute atomic E-state index is 12.4. The highest BCUT2D eigenvalue weighted by Crippen LogP contribution is 2.18. The molecule has 0 saturated heterocycles. The number of aromatic amines is 1. The Bertz CT molecular complexity index is 1310. The summed E-state index contributed by atoms with van der Waals surface area (Å²) in [6.45, 7) is 2.90. The number of rotatable bonds is 7. The molecule has 9 nitrogen and oxygen atoms in total. The van der Waals surface area contributed by atoms with Crippen LogP contribution in [0.15, 0.2) is 53.5 Å². The molecule has 30 heavy (non-hydrogen) atoms. The number of nitrogens with one attached hydrogen (secondary N) is 2. The van der Waals surface area contributed by atoms with Crippen molar-refractivity contribution >= 4 is 23.8 Å². The lowest BCUT2D eigenvalue weighted by Crippen LogP contribution is -2.30. The lowest BCUT2D eigenvalue weighted by atomic mass is 10.1. The fraction of sp³-hybridized carbons (Fsp3) is 0.250. The summed E-state index contributed by atoms with van der Waals surface area (Å²) in [6, 6.07) is 13.3. The van der Waals surface area contributed by atoms with Gasteiger partial charge in [-0.2, -0.15) is 5.10 Å². The number of aromatic nitrogens is 6. The highest BCUT2D eigenvalue weighted by molar-refractivity contribution is 7.71. The van der Waals surface area contributed by atoms with E-state index in [4.69, 9.17) is 12.2 Å². The second-order valence-electron chi connectivity index (χ2n) is 6.95. The highest BCUT2D eigenvalue weighted by Gasteiger charge is 2.12. The molecule has 0 spiro atoms. The lowest BCUT2D eigenvalue weighted by Gasteiger charge is -2.08. The average Bonchev–Trinajstić information content (AvgIpc) is 3.26. The van der Waals surface area contributed by atoms with Crippen LogP contribution in [-0.2, 0) is 17.9 Å². The summed E-state index contributed by atoms with van der Waals surface area (Å²) in [5.41, 5.74) is 2.40. The Kier molecular flexibility index (Phi) is 5.57. The maximum atomic E-state index is 12.4. The monoisotopic (exact) mass is 423 g/mol. The molecule has 0 saturated carbocycles. The van der Waals surface area contributed by atoms with Crippen molar-refractivity contribution < 1.29 is 4.79 Å². The standard InChI is InChI=1S/C20H21N7O2S/c1-14-6-4-7-15(12-14)18-22-23-19(30)26(18)13-17(28)21-9-5-11-27-20(29)25-10-3-2-8-16(25)24-27/h2-4,6-8,10,12H,5,9,11,13H2,1H3,(H,21,28)(H,23,30). The summed E-state index contributed by atoms with van der Waals surface area (Å²) in [5.74, 6) is 0.443. The smallest absolute Gasteiger partial charge is 0.350 e. The van der Waals surface area contributed by atoms with E-state index in [9.17, 15) is 9.59 Å². The zero-order valence-corrected chi connectivity index (χ0v) is 17.2. The second kappa shape index (κ2) is 8.46. The summed E-state index contributed by atoms with van der Waals surface area (Å²) in [7, 11) is 0. The van der Waals surface area contributed by atoms with Gasteiger partial charge < -0.3 is 5.32 Å². The first-order valence-corrected chi connectivity index (χ1v) is 9.97. The second-order valence-corrected chi connectivity index (χ2v) is 7.33. The number of carbonyl (C=O) groups excluding carboxylic acids is 1. The van der Waals surface area contributed by atoms with E-state index in [1.807, 2.05) is 37.3 Å². The highest BCUT2D eigenvalue weighted by atomic mass is 32.1. The van der Waals surface area contributed by atoms with Gasteiger partial charge in [0.15, 0.2) is 16.2 Å². The molecule has 1 aromatic carbocycles. The Morgan fingerprint density at radius 2 is 2.10 bits per heavy atom. The van der Waals surface area contributed by atoms with Gasteiger partial charge in [0, 0.05) is 24.8 Å². The molecule has 2 N–H and O–H groups in total. The first kappa shape index (κ1) is 19.8. The van der Waals surface area contributed by atoms with Crippen LogP contribution in [0.5, 0.6) is 0 Å². The van der Waals surface area contributed by atoms with Gasteiger partial charge in [0.2, 0.25) is 5.91 Å². The number of H-pyrrole nitrogens is 1. The zero-order chi connectivity index (χ0) is 21.1. The molecule has 0 aliphatic rings. The molecule has 4 aromatic rings. The molecule has 0 aliphatic carbocycles. The molecule has 0 bridgehead atoms. The van der Waals surface area contributed by atoms with Crippen LogP contribution in [0, 0.1) is 11.7 Å². The number of hydrogen-bond acceptors (Lipinski definition) is 5. The van der Waals surface area contributed by atoms with Gasteiger partial charge in [-0.1, -0.05) is 29.8 Å². The minimum Gasteiger partial charge on any atom is -0.354 e. The Labute approximate surface area is 177 Å². The van der Waals surface area contributed by atoms with Crippen LogP contribution in [-0.4, -0.2) is 41.4 Å². The SMILES string of the molecule is Cc1cccc(-c2n[nH]c(=S)n2CC(=O)NCCCn2nc3ccccn3c2=O)c1. The molecule has 0 radical (unpaired) electrons. The van der Waals surface area contributed by atoms with Crippen LogP contribution in [0.4, 0.5) is 0 Å². The van der Waals surface area contributed by atoms with Gasteiger partial charge in [-0.05, 0) is 43.8 Å². The van der Waals surface area contributed by atoms with Gasteiger partial charge in [-0.3, -0.25) is 18.9 Å². The van der Waals surface area contributed by atoms with Gasteiger partial charge in [0.25, 0.3) is 0 Å². The van der Waals surface area contributed by atoms with Gasteiger partial charge in [0.1, 0.15) is 6.54 Å². The number of benzene rings is 1. The number of pyridine rings is 1. The Morgan fingerprint density at radius 1 is 1.23 bits per heavy atom. The van der Waals surface area contributed by atoms with E-state index < -0.39 is 0 Å². The molecule has 3 heterocycles. The summed E-state index contributed by atoms with van der Waals surface area (Å²) in [4.78, 5) is 24.7. The van der Waals surface area contributed by atoms with Crippen molar-refractivity contribution in [2.45, 2.75) is 26.4 Å². The van der Waals surface area contributed by atoms with Crippen molar-refractivity contribution in [3.8, 4) is 11.4 Å². The molecular formula is C20H21N7O2S. The van der Waals surface area contributed by atoms with Crippen LogP contribution < -0.4 is 11.0 Å². The fourth-order valence-electron chi connectivity index (χ4n) is 3.24. The number of hydrogen-bond donors (Lipinski definition) is 2. The van der Waals surface area contributed by atoms with Crippen molar-refractivity contribution in [2.75, 3.05) is 6.54 Å². The summed E-state index contributed by atoms with van der Waals surface area (Å²) >= 11 is 5.29. The quantitative estimate of drug-likeness (QED) is 0.349. The molecule has 4 rings (SSSR count). The molecule has 0 aliphatic heterocycles. The number of fused-ring (bicyclic) bond motifs is 1. The van der Waals surface area contributed by atoms with Crippen molar-refractivity contribution in [3.05, 3.63) is 69.5 Å². The van der Waals surface area contributed by atoms with E-state index in [0.717, 1.165) is 11.1 Å². The van der Waals surface area contributed by atoms with Gasteiger partial charge in [-0.15, -0.1) is 5.10 Å². The van der Waals surface area contributed by atoms with E-state index in [0.29, 0.717) is 35.8 Å². The van der Waals surface area contributed by atoms with Crippen LogP contribution in [0.25, 0.3) is 17.0 Å². The van der Waals surface area contributed by atoms with Crippen molar-refractivity contribution in [1.29, 1.82) is 0 Å². The molecule has 0 fully saturated rings. The van der Waals surface area contributed by atoms with E-state index in [2.05, 4.69) is 20.6 Å². The van der Waals surface area contributed by atoms with Crippen molar-refractivity contribution in [3.63, 3.8) is 0 Å². The van der Waals surface area contributed by atoms with E-state index >= 15 is 0 Å². The zero-order valence-electron chi connectivity index (χ0n) is 16.4. The Morgan fingerprint density at radius 3 is 2.90 bits per heavy atom. The lowest BCUT2D eigenvalue weighted by molar-refractivity contribution is -0.121. The minimum atomic E-state index is -0.190. The van der Waals surface area contributed by atoms with Gasteiger partial charge >= 0.3 is 5.69 Å². The van der Waals surface area contributed by atoms with Crippen LogP contribution in [0.2, 0.25) is 0 Å². The van der Waals surface area contributed by atoms with E-state index in [1.165, 1.54) is 9.08 Å². The summed E-state index contributed by atoms with van der Waals surface area (Å²) in [5, 5.41) is 14.2. The Balaban J connectivity index is 1.35. The number of amides is 1. The molecule has 3 aromatic heterocycles. The van der Waals surface area contributed by atoms with Gasteiger partial charge in [-0.25, -0.2) is 9.48 Å². The number of aryl methyl sites for hydroxylation is 2. The predicted molar refractivity (Wildman–Crippen MR) is 115 cm³/mol. The molecule has 10 heteroatoms. The predicted octanol–water partition coefficient (Wildman–Crippen LogP) is 1.93. The van der Waals surface area contributed by atoms with E-state index in [1.54, 1.807) is 22.9 Å². The number of nitrogens with zero attached hydrogens (tertiary/aromatic N) is 5. The number of carbonyl (C=O) groups is 1. The normalized spacial score (nSPS) is 11.1. The van der Waals surface area contributed by atoms with Gasteiger partial charge in [0.05, 0.1) is 0 Å². The van der Waals surface area contributed by atoms with Crippen molar-refractivity contribution in [1.82, 2.24) is 34.3 Å². The molecule has 0 unspecified atom stereocenters. The minimum absolute atomic E-state index is 0.0624. The largest absolute Gasteiger partial charge is 0.354 e. The average molecular weight is 424 g/mol. The third-order valence-corrected chi connectivity index (χ3v) is 5.01. The molecule has 1 amide bonds. The molecule has 154 valence electrons. The third kappa shape index (κ3) is 4.08. The summed E-state index contributed by atoms with van der Waals surface area (Å²) in [6.07, 6.45) is 2.26. The molecule has 0 atom stereocenters. The van der Waals surface area contributed by atoms with Crippen LogP contribution >= 0.6 is 12.2 Å². The van der Waals surface area contributed by atoms with Crippen LogP contribution in [0.1, 0.15) is 12.0 Å². The van der Waals surface area contributed by atoms with E-state index in [-0.39, 0.29) is 18.1 Å². The first-order valence-electron chi connectivity index (χ1n) is 9.56. The molecular weight excluding hydrogens is 402 g/mol. The summed E-state index contributed by atoms with van der Waals surface area (Å²) < 4.78 is 4.96. The van der Waals surface area contributed by atoms with Crippen molar-refractivity contribution in [2.24, 2.45) is 0 Å². The fourth-order valence-corrected chi connectivity index (χ4v) is 3.44. The third-order valence-electron chi connectivity index (χ3n) is 4.69. The maximum Gasteiger partial charge on any atom is 0.350 e. The topological polar surface area (TPSA) is 102 Å². The van der Waals surface area contributed by atoms with Crippen LogP contribution in [0.3, 0.4) is 0 Å². The first-order chi connectivity index (χ1) is 14.5.